The fraction of sp³-hybridized carbons (Fsp3) is 0.444. The van der Waals surface area contributed by atoms with Crippen LogP contribution in [-0.2, 0) is 23.1 Å². The Bertz CT molecular complexity index is 359. The van der Waals surface area contributed by atoms with Crippen LogP contribution in [0.1, 0.15) is 12.0 Å². The molecule has 1 aromatic rings. The minimum absolute atomic E-state index is 0.428. The molecule has 1 heterocycles. The number of hydrogen-bond donors (Lipinski definition) is 2. The third-order valence-corrected chi connectivity index (χ3v) is 1.81. The SMILES string of the molecule is Cn1cc(CCNC(=O)CC(=O)O)cn1. The first kappa shape index (κ1) is 11.2. The topological polar surface area (TPSA) is 84.2 Å². The molecule has 0 bridgehead atoms. The van der Waals surface area contributed by atoms with Crippen LogP contribution < -0.4 is 5.32 Å². The minimum atomic E-state index is -1.12. The van der Waals surface area contributed by atoms with Gasteiger partial charge in [-0.25, -0.2) is 0 Å². The van der Waals surface area contributed by atoms with Crippen LogP contribution in [-0.4, -0.2) is 33.3 Å². The van der Waals surface area contributed by atoms with Crippen LogP contribution in [0.5, 0.6) is 0 Å². The Morgan fingerprint density at radius 3 is 2.87 bits per heavy atom. The van der Waals surface area contributed by atoms with Crippen molar-refractivity contribution >= 4 is 11.9 Å². The molecule has 0 saturated heterocycles. The van der Waals surface area contributed by atoms with Gasteiger partial charge in [-0.2, -0.15) is 5.10 Å². The minimum Gasteiger partial charge on any atom is -0.481 e. The standard InChI is InChI=1S/C9H13N3O3/c1-12-6-7(5-11-12)2-3-10-8(13)4-9(14)15/h5-6H,2-4H2,1H3,(H,10,13)(H,14,15). The molecule has 0 unspecified atom stereocenters. The predicted molar refractivity (Wildman–Crippen MR) is 52.2 cm³/mol. The Hall–Kier alpha value is -1.85. The average Bonchev–Trinajstić information content (AvgIpc) is 2.50. The van der Waals surface area contributed by atoms with Gasteiger partial charge in [-0.3, -0.25) is 14.3 Å². The summed E-state index contributed by atoms with van der Waals surface area (Å²) < 4.78 is 1.68. The highest BCUT2D eigenvalue weighted by molar-refractivity contribution is 5.93. The second kappa shape index (κ2) is 5.14. The van der Waals surface area contributed by atoms with Crippen molar-refractivity contribution in [2.45, 2.75) is 12.8 Å². The third-order valence-electron chi connectivity index (χ3n) is 1.81. The van der Waals surface area contributed by atoms with Crippen molar-refractivity contribution < 1.29 is 14.7 Å². The maximum Gasteiger partial charge on any atom is 0.312 e. The van der Waals surface area contributed by atoms with E-state index in [0.29, 0.717) is 13.0 Å². The molecule has 6 heteroatoms. The molecule has 0 aliphatic carbocycles. The number of carbonyl (C=O) groups is 2. The molecule has 0 aliphatic rings. The van der Waals surface area contributed by atoms with Gasteiger partial charge in [0.05, 0.1) is 6.20 Å². The zero-order valence-electron chi connectivity index (χ0n) is 8.43. The van der Waals surface area contributed by atoms with E-state index in [1.54, 1.807) is 10.9 Å². The number of nitrogens with one attached hydrogen (secondary N) is 1. The molecule has 1 aromatic heterocycles. The molecule has 15 heavy (non-hydrogen) atoms. The highest BCUT2D eigenvalue weighted by Gasteiger charge is 2.06. The van der Waals surface area contributed by atoms with Crippen molar-refractivity contribution in [1.82, 2.24) is 15.1 Å². The summed E-state index contributed by atoms with van der Waals surface area (Å²) in [6.07, 6.45) is 3.74. The lowest BCUT2D eigenvalue weighted by Gasteiger charge is -2.01. The number of rotatable bonds is 5. The number of aliphatic carboxylic acids is 1. The number of aryl methyl sites for hydroxylation is 1. The van der Waals surface area contributed by atoms with E-state index >= 15 is 0 Å². The van der Waals surface area contributed by atoms with Crippen LogP contribution in [0.4, 0.5) is 0 Å². The first-order chi connectivity index (χ1) is 7.08. The van der Waals surface area contributed by atoms with E-state index in [2.05, 4.69) is 10.4 Å². The highest BCUT2D eigenvalue weighted by Crippen LogP contribution is 1.96. The van der Waals surface area contributed by atoms with E-state index in [-0.39, 0.29) is 0 Å². The Balaban J connectivity index is 2.22. The summed E-state index contributed by atoms with van der Waals surface area (Å²) >= 11 is 0. The van der Waals surface area contributed by atoms with Crippen molar-refractivity contribution in [3.8, 4) is 0 Å². The molecule has 0 atom stereocenters. The van der Waals surface area contributed by atoms with E-state index in [0.717, 1.165) is 5.56 Å². The average molecular weight is 211 g/mol. The summed E-state index contributed by atoms with van der Waals surface area (Å²) in [6, 6.07) is 0. The second-order valence-electron chi connectivity index (χ2n) is 3.19. The van der Waals surface area contributed by atoms with Gasteiger partial charge in [0.15, 0.2) is 0 Å². The summed E-state index contributed by atoms with van der Waals surface area (Å²) in [5.74, 6) is -1.58. The number of carboxylic acids is 1. The Kier molecular flexibility index (Phi) is 3.84. The zero-order valence-corrected chi connectivity index (χ0v) is 8.43. The molecule has 0 aromatic carbocycles. The van der Waals surface area contributed by atoms with E-state index < -0.39 is 18.3 Å². The van der Waals surface area contributed by atoms with Gasteiger partial charge in [0.1, 0.15) is 6.42 Å². The Morgan fingerprint density at radius 2 is 2.33 bits per heavy atom. The van der Waals surface area contributed by atoms with Crippen molar-refractivity contribution in [3.05, 3.63) is 18.0 Å². The normalized spacial score (nSPS) is 9.93. The van der Waals surface area contributed by atoms with Crippen LogP contribution in [0.3, 0.4) is 0 Å². The smallest absolute Gasteiger partial charge is 0.312 e. The van der Waals surface area contributed by atoms with Crippen molar-refractivity contribution in [1.29, 1.82) is 0 Å². The molecular weight excluding hydrogens is 198 g/mol. The van der Waals surface area contributed by atoms with E-state index in [9.17, 15) is 9.59 Å². The van der Waals surface area contributed by atoms with Crippen LogP contribution in [0.15, 0.2) is 12.4 Å². The van der Waals surface area contributed by atoms with Crippen LogP contribution in [0, 0.1) is 0 Å². The molecule has 82 valence electrons. The summed E-state index contributed by atoms with van der Waals surface area (Å²) in [6.45, 7) is 0.428. The van der Waals surface area contributed by atoms with Gasteiger partial charge in [-0.15, -0.1) is 0 Å². The molecule has 0 aliphatic heterocycles. The largest absolute Gasteiger partial charge is 0.481 e. The second-order valence-corrected chi connectivity index (χ2v) is 3.19. The van der Waals surface area contributed by atoms with Gasteiger partial charge in [0.25, 0.3) is 0 Å². The van der Waals surface area contributed by atoms with E-state index in [1.807, 2.05) is 13.2 Å². The van der Waals surface area contributed by atoms with E-state index in [4.69, 9.17) is 5.11 Å². The lowest BCUT2D eigenvalue weighted by molar-refractivity contribution is -0.140. The predicted octanol–water partition coefficient (Wildman–Crippen LogP) is -0.446. The lowest BCUT2D eigenvalue weighted by Crippen LogP contribution is -2.27. The van der Waals surface area contributed by atoms with Crippen molar-refractivity contribution in [2.24, 2.45) is 7.05 Å². The van der Waals surface area contributed by atoms with Gasteiger partial charge >= 0.3 is 5.97 Å². The molecular formula is C9H13N3O3. The summed E-state index contributed by atoms with van der Waals surface area (Å²) in [5.41, 5.74) is 1.01. The number of aromatic nitrogens is 2. The number of carboxylic acid groups (broad SMARTS) is 1. The first-order valence-electron chi connectivity index (χ1n) is 4.54. The number of hydrogen-bond acceptors (Lipinski definition) is 3. The monoisotopic (exact) mass is 211 g/mol. The number of amides is 1. The molecule has 1 amide bonds. The molecule has 0 spiro atoms. The number of nitrogens with zero attached hydrogens (tertiary/aromatic N) is 2. The van der Waals surface area contributed by atoms with Crippen LogP contribution >= 0.6 is 0 Å². The molecule has 1 rings (SSSR count). The zero-order chi connectivity index (χ0) is 11.3. The quantitative estimate of drug-likeness (QED) is 0.646. The van der Waals surface area contributed by atoms with Gasteiger partial charge in [-0.05, 0) is 12.0 Å². The van der Waals surface area contributed by atoms with Gasteiger partial charge in [0.2, 0.25) is 5.91 Å². The Morgan fingerprint density at radius 1 is 1.60 bits per heavy atom. The van der Waals surface area contributed by atoms with E-state index in [1.165, 1.54) is 0 Å². The number of carbonyl (C=O) groups excluding carboxylic acids is 1. The molecule has 2 N–H and O–H groups in total. The van der Waals surface area contributed by atoms with Gasteiger partial charge in [0, 0.05) is 19.8 Å². The maximum absolute atomic E-state index is 10.9. The van der Waals surface area contributed by atoms with Gasteiger partial charge < -0.3 is 10.4 Å². The highest BCUT2D eigenvalue weighted by atomic mass is 16.4. The molecule has 0 saturated carbocycles. The van der Waals surface area contributed by atoms with Crippen molar-refractivity contribution in [2.75, 3.05) is 6.54 Å². The Labute approximate surface area is 86.9 Å². The fourth-order valence-corrected chi connectivity index (χ4v) is 1.15. The molecule has 0 radical (unpaired) electrons. The van der Waals surface area contributed by atoms with Crippen LogP contribution in [0.2, 0.25) is 0 Å². The maximum atomic E-state index is 10.9. The van der Waals surface area contributed by atoms with Gasteiger partial charge in [-0.1, -0.05) is 0 Å². The van der Waals surface area contributed by atoms with Crippen LogP contribution in [0.25, 0.3) is 0 Å². The third kappa shape index (κ3) is 4.26. The van der Waals surface area contributed by atoms with Crippen molar-refractivity contribution in [3.63, 3.8) is 0 Å². The lowest BCUT2D eigenvalue weighted by atomic mass is 10.2. The summed E-state index contributed by atoms with van der Waals surface area (Å²) in [5, 5.41) is 14.8. The summed E-state index contributed by atoms with van der Waals surface area (Å²) in [4.78, 5) is 21.1. The first-order valence-corrected chi connectivity index (χ1v) is 4.54. The molecule has 6 nitrogen and oxygen atoms in total. The molecule has 0 fully saturated rings. The summed E-state index contributed by atoms with van der Waals surface area (Å²) in [7, 11) is 1.81. The fourth-order valence-electron chi connectivity index (χ4n) is 1.15.